The Morgan fingerprint density at radius 1 is 1.33 bits per heavy atom. The van der Waals surface area contributed by atoms with Gasteiger partial charge in [-0.05, 0) is 30.5 Å². The van der Waals surface area contributed by atoms with E-state index >= 15 is 0 Å². The van der Waals surface area contributed by atoms with E-state index in [0.717, 1.165) is 51.3 Å². The van der Waals surface area contributed by atoms with Crippen molar-refractivity contribution in [3.63, 3.8) is 0 Å². The summed E-state index contributed by atoms with van der Waals surface area (Å²) in [6, 6.07) is 7.06. The van der Waals surface area contributed by atoms with Crippen LogP contribution in [0.25, 0.3) is 0 Å². The van der Waals surface area contributed by atoms with Gasteiger partial charge in [0.25, 0.3) is 0 Å². The highest BCUT2D eigenvalue weighted by Crippen LogP contribution is 2.20. The van der Waals surface area contributed by atoms with Crippen LogP contribution in [0.5, 0.6) is 0 Å². The third kappa shape index (κ3) is 4.68. The number of benzene rings is 1. The zero-order valence-corrected chi connectivity index (χ0v) is 15.0. The molecule has 2 aliphatic rings. The number of carbonyl (C=O) groups is 1. The number of amides is 1. The van der Waals surface area contributed by atoms with Crippen LogP contribution in [0, 0.1) is 11.7 Å². The van der Waals surface area contributed by atoms with Gasteiger partial charge < -0.3 is 10.2 Å². The highest BCUT2D eigenvalue weighted by Gasteiger charge is 2.32. The van der Waals surface area contributed by atoms with Gasteiger partial charge in [-0.15, -0.1) is 12.4 Å². The first-order chi connectivity index (χ1) is 11.1. The van der Waals surface area contributed by atoms with Crippen molar-refractivity contribution in [3.05, 3.63) is 35.6 Å². The van der Waals surface area contributed by atoms with E-state index in [0.29, 0.717) is 12.5 Å². The quantitative estimate of drug-likeness (QED) is 0.896. The average molecular weight is 356 g/mol. The summed E-state index contributed by atoms with van der Waals surface area (Å²) in [6.45, 7) is 7.87. The predicted molar refractivity (Wildman–Crippen MR) is 95.9 cm³/mol. The summed E-state index contributed by atoms with van der Waals surface area (Å²) in [6.07, 6.45) is 1.67. The molecule has 134 valence electrons. The van der Waals surface area contributed by atoms with Gasteiger partial charge in [0.15, 0.2) is 0 Å². The standard InChI is InChI=1S/C18H26FN3O.ClH/c1-14(11-15-3-2-4-16(19)12-15)18(23)22-8-5-17(13-22)21-9-6-20-7-10-21;/h2-4,12,14,17,20H,5-11,13H2,1H3;1H. The van der Waals surface area contributed by atoms with E-state index in [1.165, 1.54) is 12.1 Å². The van der Waals surface area contributed by atoms with Crippen LogP contribution in [0.2, 0.25) is 0 Å². The maximum absolute atomic E-state index is 13.3. The molecule has 2 saturated heterocycles. The minimum atomic E-state index is -0.234. The molecule has 0 spiro atoms. The van der Waals surface area contributed by atoms with E-state index in [2.05, 4.69) is 10.2 Å². The summed E-state index contributed by atoms with van der Waals surface area (Å²) in [7, 11) is 0. The molecule has 1 aromatic rings. The number of hydrogen-bond acceptors (Lipinski definition) is 3. The Morgan fingerprint density at radius 3 is 2.79 bits per heavy atom. The third-order valence-electron chi connectivity index (χ3n) is 5.00. The number of nitrogens with one attached hydrogen (secondary N) is 1. The lowest BCUT2D eigenvalue weighted by molar-refractivity contribution is -0.134. The van der Waals surface area contributed by atoms with Crippen LogP contribution in [0.1, 0.15) is 18.9 Å². The van der Waals surface area contributed by atoms with Gasteiger partial charge in [0, 0.05) is 51.2 Å². The zero-order chi connectivity index (χ0) is 16.2. The Kier molecular flexibility index (Phi) is 7.02. The average Bonchev–Trinajstić information content (AvgIpc) is 3.05. The van der Waals surface area contributed by atoms with Crippen molar-refractivity contribution in [2.75, 3.05) is 39.3 Å². The molecule has 4 nitrogen and oxygen atoms in total. The molecule has 24 heavy (non-hydrogen) atoms. The summed E-state index contributed by atoms with van der Waals surface area (Å²) >= 11 is 0. The maximum atomic E-state index is 13.3. The summed E-state index contributed by atoms with van der Waals surface area (Å²) in [5.74, 6) is -0.132. The highest BCUT2D eigenvalue weighted by molar-refractivity contribution is 5.85. The van der Waals surface area contributed by atoms with Crippen molar-refractivity contribution < 1.29 is 9.18 Å². The summed E-state index contributed by atoms with van der Waals surface area (Å²) in [5, 5.41) is 3.37. The Hall–Kier alpha value is -1.17. The number of carbonyl (C=O) groups excluding carboxylic acids is 1. The summed E-state index contributed by atoms with van der Waals surface area (Å²) < 4.78 is 13.3. The van der Waals surface area contributed by atoms with Crippen molar-refractivity contribution in [2.45, 2.75) is 25.8 Å². The second kappa shape index (κ2) is 8.79. The molecule has 1 amide bonds. The van der Waals surface area contributed by atoms with Crippen LogP contribution in [-0.4, -0.2) is 61.0 Å². The van der Waals surface area contributed by atoms with Crippen molar-refractivity contribution in [2.24, 2.45) is 5.92 Å². The van der Waals surface area contributed by atoms with Crippen LogP contribution in [0.4, 0.5) is 4.39 Å². The van der Waals surface area contributed by atoms with Crippen molar-refractivity contribution in [1.82, 2.24) is 15.1 Å². The fourth-order valence-electron chi connectivity index (χ4n) is 3.70. The van der Waals surface area contributed by atoms with Gasteiger partial charge in [0.2, 0.25) is 5.91 Å². The Morgan fingerprint density at radius 2 is 2.08 bits per heavy atom. The van der Waals surface area contributed by atoms with Crippen molar-refractivity contribution in [3.8, 4) is 0 Å². The number of hydrogen-bond donors (Lipinski definition) is 1. The third-order valence-corrected chi connectivity index (χ3v) is 5.00. The Labute approximate surface area is 149 Å². The van der Waals surface area contributed by atoms with Crippen LogP contribution in [0.3, 0.4) is 0 Å². The molecule has 0 bridgehead atoms. The molecule has 2 aliphatic heterocycles. The van der Waals surface area contributed by atoms with Gasteiger partial charge in [-0.3, -0.25) is 9.69 Å². The van der Waals surface area contributed by atoms with Crippen LogP contribution in [0.15, 0.2) is 24.3 Å². The SMILES string of the molecule is CC(Cc1cccc(F)c1)C(=O)N1CCC(N2CCNCC2)C1.Cl. The molecule has 6 heteroatoms. The molecular weight excluding hydrogens is 329 g/mol. The van der Waals surface area contributed by atoms with Gasteiger partial charge >= 0.3 is 0 Å². The van der Waals surface area contributed by atoms with Crippen LogP contribution < -0.4 is 5.32 Å². The van der Waals surface area contributed by atoms with Gasteiger partial charge in [-0.2, -0.15) is 0 Å². The largest absolute Gasteiger partial charge is 0.341 e. The predicted octanol–water partition coefficient (Wildman–Crippen LogP) is 1.93. The van der Waals surface area contributed by atoms with E-state index in [-0.39, 0.29) is 30.0 Å². The lowest BCUT2D eigenvalue weighted by atomic mass is 10.00. The van der Waals surface area contributed by atoms with E-state index in [1.807, 2.05) is 17.9 Å². The fraction of sp³-hybridized carbons (Fsp3) is 0.611. The van der Waals surface area contributed by atoms with Gasteiger partial charge in [0.05, 0.1) is 0 Å². The number of piperazine rings is 1. The van der Waals surface area contributed by atoms with Crippen molar-refractivity contribution in [1.29, 1.82) is 0 Å². The molecule has 1 N–H and O–H groups in total. The molecule has 2 heterocycles. The van der Waals surface area contributed by atoms with E-state index < -0.39 is 0 Å². The highest BCUT2D eigenvalue weighted by atomic mass is 35.5. The molecule has 2 atom stereocenters. The van der Waals surface area contributed by atoms with Gasteiger partial charge in [0.1, 0.15) is 5.82 Å². The molecule has 2 fully saturated rings. The molecule has 0 aliphatic carbocycles. The van der Waals surface area contributed by atoms with E-state index in [1.54, 1.807) is 6.07 Å². The van der Waals surface area contributed by atoms with Crippen LogP contribution >= 0.6 is 12.4 Å². The topological polar surface area (TPSA) is 35.6 Å². The molecule has 2 unspecified atom stereocenters. The minimum absolute atomic E-state index is 0. The summed E-state index contributed by atoms with van der Waals surface area (Å²) in [4.78, 5) is 17.2. The maximum Gasteiger partial charge on any atom is 0.225 e. The lowest BCUT2D eigenvalue weighted by Crippen LogP contribution is -2.49. The minimum Gasteiger partial charge on any atom is -0.341 e. The lowest BCUT2D eigenvalue weighted by Gasteiger charge is -2.32. The molecular formula is C18H27ClFN3O. The van der Waals surface area contributed by atoms with Crippen molar-refractivity contribution >= 4 is 18.3 Å². The van der Waals surface area contributed by atoms with Gasteiger partial charge in [-0.25, -0.2) is 4.39 Å². The second-order valence-corrected chi connectivity index (χ2v) is 6.75. The zero-order valence-electron chi connectivity index (χ0n) is 14.2. The number of nitrogens with zero attached hydrogens (tertiary/aromatic N) is 2. The summed E-state index contributed by atoms with van der Waals surface area (Å²) in [5.41, 5.74) is 0.892. The Balaban J connectivity index is 0.00000208. The van der Waals surface area contributed by atoms with Crippen LogP contribution in [-0.2, 0) is 11.2 Å². The molecule has 3 rings (SSSR count). The molecule has 0 saturated carbocycles. The molecule has 0 radical (unpaired) electrons. The number of likely N-dealkylation sites (tertiary alicyclic amines) is 1. The fourth-order valence-corrected chi connectivity index (χ4v) is 3.70. The first kappa shape index (κ1) is 19.2. The Bertz CT molecular complexity index is 551. The molecule has 0 aromatic heterocycles. The number of rotatable bonds is 4. The molecule has 1 aromatic carbocycles. The second-order valence-electron chi connectivity index (χ2n) is 6.75. The smallest absolute Gasteiger partial charge is 0.225 e. The normalized spacial score (nSPS) is 22.9. The first-order valence-electron chi connectivity index (χ1n) is 8.61. The van der Waals surface area contributed by atoms with Gasteiger partial charge in [-0.1, -0.05) is 19.1 Å². The first-order valence-corrected chi connectivity index (χ1v) is 8.61. The van der Waals surface area contributed by atoms with E-state index in [9.17, 15) is 9.18 Å². The monoisotopic (exact) mass is 355 g/mol. The number of halogens is 2. The van der Waals surface area contributed by atoms with E-state index in [4.69, 9.17) is 0 Å².